The highest BCUT2D eigenvalue weighted by atomic mass is 16.1. The highest BCUT2D eigenvalue weighted by Gasteiger charge is 2.13. The van der Waals surface area contributed by atoms with Gasteiger partial charge in [0.15, 0.2) is 0 Å². The quantitative estimate of drug-likeness (QED) is 0.753. The molecule has 5 heteroatoms. The maximum atomic E-state index is 11.6. The molecule has 1 aliphatic rings. The lowest BCUT2D eigenvalue weighted by atomic mass is 10.1. The Balaban J connectivity index is 1.61. The number of benzene rings is 2. The first-order valence-electron chi connectivity index (χ1n) is 8.81. The lowest BCUT2D eigenvalue weighted by Crippen LogP contribution is -2.21. The number of nitrogens with one attached hydrogen (secondary N) is 1. The van der Waals surface area contributed by atoms with Crippen LogP contribution in [-0.4, -0.2) is 40.4 Å². The number of aromatic amines is 1. The topological polar surface area (TPSA) is 75.0 Å². The summed E-state index contributed by atoms with van der Waals surface area (Å²) in [6.45, 7) is 3.55. The molecule has 2 aromatic carbocycles. The van der Waals surface area contributed by atoms with Gasteiger partial charge >= 0.3 is 0 Å². The molecular weight excluding hydrogens is 312 g/mol. The van der Waals surface area contributed by atoms with Gasteiger partial charge in [0.2, 0.25) is 0 Å². The number of imidazole rings is 1. The van der Waals surface area contributed by atoms with E-state index >= 15 is 0 Å². The van der Waals surface area contributed by atoms with Crippen LogP contribution in [0.5, 0.6) is 0 Å². The Bertz CT molecular complexity index is 909. The third kappa shape index (κ3) is 3.28. The minimum absolute atomic E-state index is 0.444. The van der Waals surface area contributed by atoms with E-state index in [1.54, 1.807) is 12.1 Å². The molecule has 1 fully saturated rings. The summed E-state index contributed by atoms with van der Waals surface area (Å²) in [6.07, 6.45) is 3.68. The number of para-hydroxylation sites is 1. The number of rotatable bonds is 5. The molecule has 4 rings (SSSR count). The van der Waals surface area contributed by atoms with Crippen LogP contribution in [0.25, 0.3) is 22.4 Å². The molecule has 1 saturated heterocycles. The number of carbonyl (C=O) groups is 1. The number of nitrogens with two attached hydrogens (primary N) is 1. The molecule has 0 saturated carbocycles. The molecule has 0 atom stereocenters. The molecule has 128 valence electrons. The minimum Gasteiger partial charge on any atom is -0.366 e. The zero-order valence-corrected chi connectivity index (χ0v) is 14.2. The van der Waals surface area contributed by atoms with E-state index in [1.165, 1.54) is 31.5 Å². The van der Waals surface area contributed by atoms with Crippen LogP contribution in [-0.2, 0) is 6.42 Å². The SMILES string of the molecule is NC(=O)c1cccc2nc(-c3cccc(CCN4CCCC4)c3)[nH]c12. The van der Waals surface area contributed by atoms with E-state index in [0.717, 1.165) is 29.9 Å². The molecule has 0 unspecified atom stereocenters. The second kappa shape index (κ2) is 6.69. The van der Waals surface area contributed by atoms with Gasteiger partial charge in [0.1, 0.15) is 5.82 Å². The zero-order chi connectivity index (χ0) is 17.2. The summed E-state index contributed by atoms with van der Waals surface area (Å²) in [6, 6.07) is 13.9. The van der Waals surface area contributed by atoms with Crippen molar-refractivity contribution in [3.8, 4) is 11.4 Å². The van der Waals surface area contributed by atoms with E-state index < -0.39 is 5.91 Å². The van der Waals surface area contributed by atoms with Crippen LogP contribution < -0.4 is 5.73 Å². The van der Waals surface area contributed by atoms with Gasteiger partial charge in [-0.25, -0.2) is 4.98 Å². The Morgan fingerprint density at radius 2 is 1.96 bits per heavy atom. The molecule has 0 bridgehead atoms. The minimum atomic E-state index is -0.444. The summed E-state index contributed by atoms with van der Waals surface area (Å²) in [5.74, 6) is 0.326. The number of amides is 1. The Morgan fingerprint density at radius 1 is 1.16 bits per heavy atom. The lowest BCUT2D eigenvalue weighted by molar-refractivity contribution is 0.100. The average molecular weight is 334 g/mol. The second-order valence-electron chi connectivity index (χ2n) is 6.65. The number of hydrogen-bond acceptors (Lipinski definition) is 3. The van der Waals surface area contributed by atoms with E-state index in [0.29, 0.717) is 11.1 Å². The van der Waals surface area contributed by atoms with Crippen LogP contribution in [0.4, 0.5) is 0 Å². The van der Waals surface area contributed by atoms with Gasteiger partial charge in [-0.2, -0.15) is 0 Å². The van der Waals surface area contributed by atoms with Crippen LogP contribution in [0.2, 0.25) is 0 Å². The maximum Gasteiger partial charge on any atom is 0.250 e. The van der Waals surface area contributed by atoms with E-state index in [9.17, 15) is 4.79 Å². The normalized spacial score (nSPS) is 15.0. The van der Waals surface area contributed by atoms with Crippen molar-refractivity contribution in [2.75, 3.05) is 19.6 Å². The molecule has 5 nitrogen and oxygen atoms in total. The zero-order valence-electron chi connectivity index (χ0n) is 14.2. The van der Waals surface area contributed by atoms with E-state index in [1.807, 2.05) is 12.1 Å². The largest absolute Gasteiger partial charge is 0.366 e. The predicted molar refractivity (Wildman–Crippen MR) is 99.4 cm³/mol. The van der Waals surface area contributed by atoms with Crippen molar-refractivity contribution < 1.29 is 4.79 Å². The molecule has 0 aliphatic carbocycles. The molecule has 0 spiro atoms. The lowest BCUT2D eigenvalue weighted by Gasteiger charge is -2.14. The van der Waals surface area contributed by atoms with Gasteiger partial charge in [0.25, 0.3) is 5.91 Å². The summed E-state index contributed by atoms with van der Waals surface area (Å²) < 4.78 is 0. The summed E-state index contributed by atoms with van der Waals surface area (Å²) in [7, 11) is 0. The summed E-state index contributed by atoms with van der Waals surface area (Å²) in [4.78, 5) is 22.0. The van der Waals surface area contributed by atoms with E-state index in [2.05, 4.69) is 33.1 Å². The maximum absolute atomic E-state index is 11.6. The number of primary amides is 1. The first-order chi connectivity index (χ1) is 12.2. The van der Waals surface area contributed by atoms with Crippen molar-refractivity contribution >= 4 is 16.9 Å². The molecule has 1 amide bonds. The Kier molecular flexibility index (Phi) is 4.24. The highest BCUT2D eigenvalue weighted by molar-refractivity contribution is 6.04. The number of hydrogen-bond donors (Lipinski definition) is 2. The van der Waals surface area contributed by atoms with Crippen LogP contribution >= 0.6 is 0 Å². The molecule has 3 N–H and O–H groups in total. The van der Waals surface area contributed by atoms with Crippen LogP contribution in [0.15, 0.2) is 42.5 Å². The third-order valence-electron chi connectivity index (χ3n) is 4.90. The van der Waals surface area contributed by atoms with Gasteiger partial charge in [-0.3, -0.25) is 4.79 Å². The van der Waals surface area contributed by atoms with Crippen molar-refractivity contribution in [2.24, 2.45) is 5.73 Å². The number of nitrogens with zero attached hydrogens (tertiary/aromatic N) is 2. The average Bonchev–Trinajstić information content (AvgIpc) is 3.29. The van der Waals surface area contributed by atoms with Gasteiger partial charge in [-0.1, -0.05) is 24.3 Å². The van der Waals surface area contributed by atoms with Gasteiger partial charge in [0.05, 0.1) is 16.6 Å². The summed E-state index contributed by atoms with van der Waals surface area (Å²) in [5.41, 5.74) is 9.73. The second-order valence-corrected chi connectivity index (χ2v) is 6.65. The van der Waals surface area contributed by atoms with Crippen molar-refractivity contribution in [3.63, 3.8) is 0 Å². The van der Waals surface area contributed by atoms with E-state index in [4.69, 9.17) is 5.73 Å². The number of H-pyrrole nitrogens is 1. The third-order valence-corrected chi connectivity index (χ3v) is 4.90. The van der Waals surface area contributed by atoms with Crippen molar-refractivity contribution in [3.05, 3.63) is 53.6 Å². The van der Waals surface area contributed by atoms with Crippen LogP contribution in [0.3, 0.4) is 0 Å². The Morgan fingerprint density at radius 3 is 2.76 bits per heavy atom. The summed E-state index contributed by atoms with van der Waals surface area (Å²) >= 11 is 0. The predicted octanol–water partition coefficient (Wildman–Crippen LogP) is 2.97. The molecule has 3 aromatic rings. The molecular formula is C20H22N4O. The highest BCUT2D eigenvalue weighted by Crippen LogP contribution is 2.24. The number of fused-ring (bicyclic) bond motifs is 1. The number of carbonyl (C=O) groups excluding carboxylic acids is 1. The van der Waals surface area contributed by atoms with Crippen molar-refractivity contribution in [1.82, 2.24) is 14.9 Å². The molecule has 0 radical (unpaired) electrons. The molecule has 25 heavy (non-hydrogen) atoms. The number of likely N-dealkylation sites (tertiary alicyclic amines) is 1. The monoisotopic (exact) mass is 334 g/mol. The standard InChI is InChI=1S/C20H22N4O/c21-19(25)16-7-4-8-17-18(16)23-20(22-17)15-6-3-5-14(13-15)9-12-24-10-1-2-11-24/h3-8,13H,1-2,9-12H2,(H2,21,25)(H,22,23). The van der Waals surface area contributed by atoms with Crippen LogP contribution in [0.1, 0.15) is 28.8 Å². The Labute approximate surface area is 146 Å². The van der Waals surface area contributed by atoms with Crippen molar-refractivity contribution in [1.29, 1.82) is 0 Å². The fourth-order valence-corrected chi connectivity index (χ4v) is 3.54. The van der Waals surface area contributed by atoms with Gasteiger partial charge in [0, 0.05) is 12.1 Å². The first kappa shape index (κ1) is 15.8. The number of aromatic nitrogens is 2. The van der Waals surface area contributed by atoms with Crippen molar-refractivity contribution in [2.45, 2.75) is 19.3 Å². The smallest absolute Gasteiger partial charge is 0.250 e. The molecule has 1 aromatic heterocycles. The fraction of sp³-hybridized carbons (Fsp3) is 0.300. The van der Waals surface area contributed by atoms with E-state index in [-0.39, 0.29) is 0 Å². The van der Waals surface area contributed by atoms with Gasteiger partial charge < -0.3 is 15.6 Å². The summed E-state index contributed by atoms with van der Waals surface area (Å²) in [5, 5.41) is 0. The molecule has 2 heterocycles. The Hall–Kier alpha value is -2.66. The fourth-order valence-electron chi connectivity index (χ4n) is 3.54. The van der Waals surface area contributed by atoms with Gasteiger partial charge in [-0.15, -0.1) is 0 Å². The first-order valence-corrected chi connectivity index (χ1v) is 8.81. The van der Waals surface area contributed by atoms with Crippen LogP contribution in [0, 0.1) is 0 Å². The van der Waals surface area contributed by atoms with Gasteiger partial charge in [-0.05, 0) is 56.1 Å². The molecule has 1 aliphatic heterocycles.